The average Bonchev–Trinajstić information content (AvgIpc) is 2.98. The Kier molecular flexibility index (Phi) is 7.21. The van der Waals surface area contributed by atoms with Crippen LogP contribution in [0.4, 0.5) is 5.69 Å². The number of nitro groups is 1. The van der Waals surface area contributed by atoms with Crippen molar-refractivity contribution in [2.45, 2.75) is 38.1 Å². The maximum Gasteiger partial charge on any atom is 0.270 e. The van der Waals surface area contributed by atoms with E-state index in [-0.39, 0.29) is 54.1 Å². The summed E-state index contributed by atoms with van der Waals surface area (Å²) >= 11 is 5.60. The van der Waals surface area contributed by atoms with Crippen LogP contribution in [0.15, 0.2) is 18.2 Å². The average molecular weight is 451 g/mol. The van der Waals surface area contributed by atoms with Crippen molar-refractivity contribution in [3.05, 3.63) is 39.4 Å². The molecular weight excluding hydrogens is 428 g/mol. The van der Waals surface area contributed by atoms with E-state index in [0.29, 0.717) is 38.2 Å². The van der Waals surface area contributed by atoms with Gasteiger partial charge in [-0.1, -0.05) is 0 Å². The molecule has 4 amide bonds. The molecule has 0 saturated carbocycles. The van der Waals surface area contributed by atoms with Crippen molar-refractivity contribution in [2.75, 3.05) is 25.5 Å². The van der Waals surface area contributed by atoms with Crippen LogP contribution in [0.2, 0.25) is 0 Å². The minimum Gasteiger partial charge on any atom is -0.353 e. The fraction of sp³-hybridized carbons (Fsp3) is 0.500. The Morgan fingerprint density at radius 2 is 1.81 bits per heavy atom. The molecule has 1 aromatic carbocycles. The van der Waals surface area contributed by atoms with Crippen molar-refractivity contribution < 1.29 is 24.1 Å². The summed E-state index contributed by atoms with van der Waals surface area (Å²) in [7, 11) is 0. The highest BCUT2D eigenvalue weighted by Crippen LogP contribution is 2.27. The lowest BCUT2D eigenvalue weighted by Gasteiger charge is -2.32. The first-order chi connectivity index (χ1) is 14.8. The summed E-state index contributed by atoms with van der Waals surface area (Å²) < 4.78 is 0. The van der Waals surface area contributed by atoms with Gasteiger partial charge < -0.3 is 10.2 Å². The van der Waals surface area contributed by atoms with E-state index in [4.69, 9.17) is 11.6 Å². The lowest BCUT2D eigenvalue weighted by atomic mass is 10.0. The molecular formula is C20H23ClN4O6. The monoisotopic (exact) mass is 450 g/mol. The van der Waals surface area contributed by atoms with Gasteiger partial charge in [0.05, 0.1) is 16.1 Å². The molecule has 1 fully saturated rings. The lowest BCUT2D eigenvalue weighted by Crippen LogP contribution is -2.46. The predicted octanol–water partition coefficient (Wildman–Crippen LogP) is 1.71. The van der Waals surface area contributed by atoms with Gasteiger partial charge in [-0.25, -0.2) is 0 Å². The van der Waals surface area contributed by atoms with Gasteiger partial charge in [-0.3, -0.25) is 34.2 Å². The first-order valence-corrected chi connectivity index (χ1v) is 10.6. The maximum atomic E-state index is 12.4. The number of piperidine rings is 1. The Balaban J connectivity index is 1.44. The third kappa shape index (κ3) is 5.19. The maximum absolute atomic E-state index is 12.4. The third-order valence-electron chi connectivity index (χ3n) is 5.47. The third-order valence-corrected chi connectivity index (χ3v) is 5.66. The number of halogens is 1. The number of carbonyl (C=O) groups is 4. The van der Waals surface area contributed by atoms with E-state index in [1.807, 2.05) is 0 Å². The van der Waals surface area contributed by atoms with Gasteiger partial charge in [0, 0.05) is 56.5 Å². The van der Waals surface area contributed by atoms with Crippen molar-refractivity contribution in [1.29, 1.82) is 0 Å². The number of alkyl halides is 1. The number of nitro benzene ring substituents is 1. The number of benzene rings is 1. The zero-order chi connectivity index (χ0) is 22.5. The molecule has 2 aliphatic rings. The quantitative estimate of drug-likeness (QED) is 0.277. The number of hydrogen-bond acceptors (Lipinski definition) is 6. The molecule has 2 heterocycles. The second-order valence-corrected chi connectivity index (χ2v) is 7.89. The lowest BCUT2D eigenvalue weighted by molar-refractivity contribution is -0.384. The highest BCUT2D eigenvalue weighted by Gasteiger charge is 2.36. The van der Waals surface area contributed by atoms with Crippen molar-refractivity contribution in [2.24, 2.45) is 0 Å². The Bertz CT molecular complexity index is 913. The molecule has 2 aliphatic heterocycles. The van der Waals surface area contributed by atoms with Crippen LogP contribution in [0.25, 0.3) is 0 Å². The zero-order valence-corrected chi connectivity index (χ0v) is 17.6. The van der Waals surface area contributed by atoms with Crippen molar-refractivity contribution in [3.8, 4) is 0 Å². The molecule has 1 aromatic rings. The molecule has 1 saturated heterocycles. The number of hydrogen-bond donors (Lipinski definition) is 1. The first-order valence-electron chi connectivity index (χ1n) is 10.1. The summed E-state index contributed by atoms with van der Waals surface area (Å²) in [6.07, 6.45) is 2.06. The van der Waals surface area contributed by atoms with Crippen molar-refractivity contribution in [3.63, 3.8) is 0 Å². The molecule has 166 valence electrons. The Morgan fingerprint density at radius 3 is 2.45 bits per heavy atom. The minimum absolute atomic E-state index is 0.0131. The number of rotatable bonds is 8. The van der Waals surface area contributed by atoms with Crippen LogP contribution in [0.1, 0.15) is 52.8 Å². The smallest absolute Gasteiger partial charge is 0.270 e. The SMILES string of the molecule is O=C(CCCN1C(=O)c2ccc([N+](=O)[O-])cc2C1=O)NC1CCN(C(=O)CCCl)CC1. The summed E-state index contributed by atoms with van der Waals surface area (Å²) in [6.45, 7) is 1.20. The van der Waals surface area contributed by atoms with Crippen molar-refractivity contribution in [1.82, 2.24) is 15.1 Å². The summed E-state index contributed by atoms with van der Waals surface area (Å²) in [5.41, 5.74) is -0.105. The van der Waals surface area contributed by atoms with E-state index in [9.17, 15) is 29.3 Å². The fourth-order valence-corrected chi connectivity index (χ4v) is 3.97. The largest absolute Gasteiger partial charge is 0.353 e. The first kappa shape index (κ1) is 22.7. The topological polar surface area (TPSA) is 130 Å². The van der Waals surface area contributed by atoms with Gasteiger partial charge in [0.25, 0.3) is 17.5 Å². The van der Waals surface area contributed by atoms with Crippen LogP contribution in [0.5, 0.6) is 0 Å². The Labute approximate surface area is 183 Å². The van der Waals surface area contributed by atoms with Crippen LogP contribution in [0.3, 0.4) is 0 Å². The number of carbonyl (C=O) groups excluding carboxylic acids is 4. The highest BCUT2D eigenvalue weighted by atomic mass is 35.5. The standard InChI is InChI=1S/C20H23ClN4O6/c21-8-5-18(27)23-10-6-13(7-11-23)22-17(26)2-1-9-24-19(28)15-4-3-14(25(30)31)12-16(15)20(24)29/h3-4,12-13H,1-2,5-11H2,(H,22,26). The van der Waals surface area contributed by atoms with Gasteiger partial charge in [-0.05, 0) is 25.3 Å². The summed E-state index contributed by atoms with van der Waals surface area (Å²) in [4.78, 5) is 62.0. The molecule has 0 unspecified atom stereocenters. The highest BCUT2D eigenvalue weighted by molar-refractivity contribution is 6.21. The van der Waals surface area contributed by atoms with E-state index >= 15 is 0 Å². The predicted molar refractivity (Wildman–Crippen MR) is 111 cm³/mol. The number of nitrogens with one attached hydrogen (secondary N) is 1. The van der Waals surface area contributed by atoms with Gasteiger partial charge in [-0.15, -0.1) is 11.6 Å². The van der Waals surface area contributed by atoms with Crippen LogP contribution >= 0.6 is 11.6 Å². The summed E-state index contributed by atoms with van der Waals surface area (Å²) in [5, 5.41) is 13.8. The minimum atomic E-state index is -0.622. The number of nitrogens with zero attached hydrogens (tertiary/aromatic N) is 3. The molecule has 31 heavy (non-hydrogen) atoms. The van der Waals surface area contributed by atoms with Gasteiger partial charge in [0.1, 0.15) is 0 Å². The number of amides is 4. The molecule has 11 heteroatoms. The van der Waals surface area contributed by atoms with E-state index in [2.05, 4.69) is 5.32 Å². The molecule has 3 rings (SSSR count). The van der Waals surface area contributed by atoms with E-state index < -0.39 is 16.7 Å². The molecule has 0 radical (unpaired) electrons. The Hall–Kier alpha value is -3.01. The normalized spacial score (nSPS) is 16.4. The van der Waals surface area contributed by atoms with Gasteiger partial charge in [-0.2, -0.15) is 0 Å². The Morgan fingerprint density at radius 1 is 1.13 bits per heavy atom. The number of imide groups is 1. The van der Waals surface area contributed by atoms with Crippen LogP contribution in [-0.2, 0) is 9.59 Å². The van der Waals surface area contributed by atoms with E-state index in [1.54, 1.807) is 4.90 Å². The number of non-ortho nitro benzene ring substituents is 1. The molecule has 0 atom stereocenters. The van der Waals surface area contributed by atoms with Crippen molar-refractivity contribution >= 4 is 40.9 Å². The molecule has 0 spiro atoms. The van der Waals surface area contributed by atoms with Crippen LogP contribution in [-0.4, -0.2) is 69.9 Å². The summed E-state index contributed by atoms with van der Waals surface area (Å²) in [6, 6.07) is 3.56. The fourth-order valence-electron chi connectivity index (χ4n) is 3.81. The molecule has 1 N–H and O–H groups in total. The number of fused-ring (bicyclic) bond motifs is 1. The van der Waals surface area contributed by atoms with E-state index in [0.717, 1.165) is 11.0 Å². The summed E-state index contributed by atoms with van der Waals surface area (Å²) in [5.74, 6) is -0.967. The molecule has 0 bridgehead atoms. The van der Waals surface area contributed by atoms with Gasteiger partial charge >= 0.3 is 0 Å². The van der Waals surface area contributed by atoms with Crippen LogP contribution in [0, 0.1) is 10.1 Å². The molecule has 0 aromatic heterocycles. The zero-order valence-electron chi connectivity index (χ0n) is 16.8. The second kappa shape index (κ2) is 9.86. The van der Waals surface area contributed by atoms with Gasteiger partial charge in [0.15, 0.2) is 0 Å². The van der Waals surface area contributed by atoms with Gasteiger partial charge in [0.2, 0.25) is 11.8 Å². The molecule has 0 aliphatic carbocycles. The van der Waals surface area contributed by atoms with Crippen LogP contribution < -0.4 is 5.32 Å². The second-order valence-electron chi connectivity index (χ2n) is 7.51. The van der Waals surface area contributed by atoms with E-state index in [1.165, 1.54) is 12.1 Å². The number of likely N-dealkylation sites (tertiary alicyclic amines) is 1. The molecule has 10 nitrogen and oxygen atoms in total.